The summed E-state index contributed by atoms with van der Waals surface area (Å²) < 4.78 is 2.19. The van der Waals surface area contributed by atoms with Crippen molar-refractivity contribution in [3.05, 3.63) is 18.0 Å². The number of rotatable bonds is 5. The fourth-order valence-electron chi connectivity index (χ4n) is 2.46. The van der Waals surface area contributed by atoms with E-state index in [0.29, 0.717) is 6.04 Å². The molecule has 0 aliphatic heterocycles. The third-order valence-electron chi connectivity index (χ3n) is 3.43. The van der Waals surface area contributed by atoms with Gasteiger partial charge in [-0.2, -0.15) is 5.10 Å². The van der Waals surface area contributed by atoms with Gasteiger partial charge in [-0.15, -0.1) is 11.6 Å². The van der Waals surface area contributed by atoms with Crippen molar-refractivity contribution >= 4 is 11.6 Å². The SMILES string of the molecule is ClCCCCc1ccn(C2CCCCC2)n1. The van der Waals surface area contributed by atoms with Gasteiger partial charge in [0.2, 0.25) is 0 Å². The normalized spacial score (nSPS) is 17.8. The van der Waals surface area contributed by atoms with Gasteiger partial charge in [0.05, 0.1) is 11.7 Å². The Balaban J connectivity index is 1.85. The van der Waals surface area contributed by atoms with E-state index in [0.717, 1.165) is 25.1 Å². The molecule has 0 spiro atoms. The minimum atomic E-state index is 0.663. The largest absolute Gasteiger partial charge is 0.269 e. The summed E-state index contributed by atoms with van der Waals surface area (Å²) >= 11 is 5.67. The smallest absolute Gasteiger partial charge is 0.0624 e. The third-order valence-corrected chi connectivity index (χ3v) is 3.70. The summed E-state index contributed by atoms with van der Waals surface area (Å²) in [7, 11) is 0. The summed E-state index contributed by atoms with van der Waals surface area (Å²) in [5.41, 5.74) is 1.23. The van der Waals surface area contributed by atoms with E-state index in [1.54, 1.807) is 0 Å². The lowest BCUT2D eigenvalue weighted by atomic mass is 9.96. The first-order valence-electron chi connectivity index (χ1n) is 6.50. The molecular formula is C13H21ClN2. The fourth-order valence-corrected chi connectivity index (χ4v) is 2.65. The van der Waals surface area contributed by atoms with Crippen LogP contribution in [0.1, 0.15) is 56.7 Å². The van der Waals surface area contributed by atoms with Crippen LogP contribution >= 0.6 is 11.6 Å². The summed E-state index contributed by atoms with van der Waals surface area (Å²) in [6.45, 7) is 0. The first kappa shape index (κ1) is 12.0. The molecule has 3 heteroatoms. The minimum absolute atomic E-state index is 0.663. The monoisotopic (exact) mass is 240 g/mol. The van der Waals surface area contributed by atoms with Gasteiger partial charge in [0, 0.05) is 12.1 Å². The number of alkyl halides is 1. The van der Waals surface area contributed by atoms with Crippen molar-refractivity contribution in [2.24, 2.45) is 0 Å². The average molecular weight is 241 g/mol. The van der Waals surface area contributed by atoms with Gasteiger partial charge >= 0.3 is 0 Å². The van der Waals surface area contributed by atoms with Crippen molar-refractivity contribution in [1.82, 2.24) is 9.78 Å². The summed E-state index contributed by atoms with van der Waals surface area (Å²) in [6, 6.07) is 2.83. The predicted molar refractivity (Wildman–Crippen MR) is 68.0 cm³/mol. The number of unbranched alkanes of at least 4 members (excludes halogenated alkanes) is 1. The van der Waals surface area contributed by atoms with Crippen LogP contribution in [0, 0.1) is 0 Å². The van der Waals surface area contributed by atoms with E-state index in [2.05, 4.69) is 22.0 Å². The van der Waals surface area contributed by atoms with Gasteiger partial charge in [-0.1, -0.05) is 19.3 Å². The lowest BCUT2D eigenvalue weighted by molar-refractivity contribution is 0.328. The molecule has 0 amide bonds. The van der Waals surface area contributed by atoms with Gasteiger partial charge in [-0.25, -0.2) is 0 Å². The number of halogens is 1. The lowest BCUT2D eigenvalue weighted by Gasteiger charge is -2.21. The van der Waals surface area contributed by atoms with Crippen molar-refractivity contribution in [3.8, 4) is 0 Å². The van der Waals surface area contributed by atoms with Crippen LogP contribution in [0.4, 0.5) is 0 Å². The lowest BCUT2D eigenvalue weighted by Crippen LogP contribution is -2.13. The number of nitrogens with zero attached hydrogens (tertiary/aromatic N) is 2. The van der Waals surface area contributed by atoms with Crippen LogP contribution in [0.3, 0.4) is 0 Å². The van der Waals surface area contributed by atoms with Gasteiger partial charge in [-0.05, 0) is 38.2 Å². The molecule has 0 radical (unpaired) electrons. The highest BCUT2D eigenvalue weighted by Gasteiger charge is 2.15. The van der Waals surface area contributed by atoms with Crippen molar-refractivity contribution in [2.45, 2.75) is 57.4 Å². The van der Waals surface area contributed by atoms with Crippen molar-refractivity contribution in [3.63, 3.8) is 0 Å². The molecule has 1 aromatic heterocycles. The summed E-state index contributed by atoms with van der Waals surface area (Å²) in [6.07, 6.45) is 12.2. The Labute approximate surface area is 103 Å². The second kappa shape index (κ2) is 6.29. The van der Waals surface area contributed by atoms with E-state index in [1.807, 2.05) is 0 Å². The Bertz CT molecular complexity index is 303. The van der Waals surface area contributed by atoms with E-state index in [9.17, 15) is 0 Å². The predicted octanol–water partition coefficient (Wildman–Crippen LogP) is 3.95. The number of aromatic nitrogens is 2. The maximum atomic E-state index is 5.67. The summed E-state index contributed by atoms with van der Waals surface area (Å²) in [5, 5.41) is 4.68. The Morgan fingerprint density at radius 3 is 2.81 bits per heavy atom. The second-order valence-corrected chi connectivity index (χ2v) is 5.10. The molecule has 1 aliphatic rings. The molecule has 2 nitrogen and oxygen atoms in total. The molecule has 0 aromatic carbocycles. The fraction of sp³-hybridized carbons (Fsp3) is 0.769. The van der Waals surface area contributed by atoms with Crippen LogP contribution in [0.5, 0.6) is 0 Å². The molecule has 90 valence electrons. The summed E-state index contributed by atoms with van der Waals surface area (Å²) in [4.78, 5) is 0. The molecule has 1 fully saturated rings. The van der Waals surface area contributed by atoms with Crippen LogP contribution < -0.4 is 0 Å². The molecule has 2 rings (SSSR count). The van der Waals surface area contributed by atoms with Crippen molar-refractivity contribution in [2.75, 3.05) is 5.88 Å². The van der Waals surface area contributed by atoms with E-state index < -0.39 is 0 Å². The highest BCUT2D eigenvalue weighted by atomic mass is 35.5. The molecule has 1 saturated carbocycles. The average Bonchev–Trinajstić information content (AvgIpc) is 2.79. The minimum Gasteiger partial charge on any atom is -0.269 e. The van der Waals surface area contributed by atoms with Gasteiger partial charge in [0.1, 0.15) is 0 Å². The van der Waals surface area contributed by atoms with Crippen molar-refractivity contribution in [1.29, 1.82) is 0 Å². The molecule has 1 aromatic rings. The molecule has 0 bridgehead atoms. The molecule has 1 aliphatic carbocycles. The number of hydrogen-bond acceptors (Lipinski definition) is 1. The van der Waals surface area contributed by atoms with Crippen LogP contribution in [0.25, 0.3) is 0 Å². The summed E-state index contributed by atoms with van der Waals surface area (Å²) in [5.74, 6) is 0.767. The zero-order chi connectivity index (χ0) is 11.2. The van der Waals surface area contributed by atoms with Gasteiger partial charge in [0.15, 0.2) is 0 Å². The quantitative estimate of drug-likeness (QED) is 0.563. The number of hydrogen-bond donors (Lipinski definition) is 0. The Kier molecular flexibility index (Phi) is 4.70. The highest BCUT2D eigenvalue weighted by Crippen LogP contribution is 2.27. The Morgan fingerprint density at radius 2 is 2.06 bits per heavy atom. The first-order chi connectivity index (χ1) is 7.90. The van der Waals surface area contributed by atoms with Gasteiger partial charge in [-0.3, -0.25) is 4.68 Å². The Hall–Kier alpha value is -0.500. The topological polar surface area (TPSA) is 17.8 Å². The van der Waals surface area contributed by atoms with Crippen LogP contribution in [-0.4, -0.2) is 15.7 Å². The molecule has 16 heavy (non-hydrogen) atoms. The van der Waals surface area contributed by atoms with E-state index >= 15 is 0 Å². The van der Waals surface area contributed by atoms with Crippen LogP contribution in [0.2, 0.25) is 0 Å². The first-order valence-corrected chi connectivity index (χ1v) is 7.03. The molecular weight excluding hydrogens is 220 g/mol. The van der Waals surface area contributed by atoms with Crippen LogP contribution in [-0.2, 0) is 6.42 Å². The van der Waals surface area contributed by atoms with Crippen molar-refractivity contribution < 1.29 is 0 Å². The zero-order valence-electron chi connectivity index (χ0n) is 9.87. The standard InChI is InChI=1S/C13H21ClN2/c14-10-5-4-6-12-9-11-16(15-12)13-7-2-1-3-8-13/h9,11,13H,1-8,10H2. The van der Waals surface area contributed by atoms with Gasteiger partial charge in [0.25, 0.3) is 0 Å². The van der Waals surface area contributed by atoms with Crippen LogP contribution in [0.15, 0.2) is 12.3 Å². The molecule has 0 unspecified atom stereocenters. The number of aryl methyl sites for hydroxylation is 1. The molecule has 0 atom stereocenters. The maximum absolute atomic E-state index is 5.67. The van der Waals surface area contributed by atoms with Gasteiger partial charge < -0.3 is 0 Å². The third kappa shape index (κ3) is 3.24. The molecule has 0 saturated heterocycles. The molecule has 1 heterocycles. The zero-order valence-corrected chi connectivity index (χ0v) is 10.6. The molecule has 0 N–H and O–H groups in total. The van der Waals surface area contributed by atoms with E-state index in [-0.39, 0.29) is 0 Å². The Morgan fingerprint density at radius 1 is 1.25 bits per heavy atom. The second-order valence-electron chi connectivity index (χ2n) is 4.73. The maximum Gasteiger partial charge on any atom is 0.0624 e. The van der Waals surface area contributed by atoms with E-state index in [1.165, 1.54) is 37.8 Å². The van der Waals surface area contributed by atoms with E-state index in [4.69, 9.17) is 11.6 Å². The highest BCUT2D eigenvalue weighted by molar-refractivity contribution is 6.17.